The van der Waals surface area contributed by atoms with E-state index in [1.807, 2.05) is 45.9 Å². The summed E-state index contributed by atoms with van der Waals surface area (Å²) in [4.78, 5) is 0. The molecule has 5 aromatic carbocycles. The van der Waals surface area contributed by atoms with Gasteiger partial charge in [0.1, 0.15) is 0 Å². The van der Waals surface area contributed by atoms with Crippen LogP contribution < -0.4 is 21.2 Å². The van der Waals surface area contributed by atoms with E-state index in [1.165, 1.54) is 44.7 Å². The summed E-state index contributed by atoms with van der Waals surface area (Å²) in [6, 6.07) is 53.5. The van der Waals surface area contributed by atoms with Gasteiger partial charge >= 0.3 is 20.4 Å². The molecule has 214 valence electrons. The Balaban J connectivity index is 0.000000379. The van der Waals surface area contributed by atoms with Crippen molar-refractivity contribution in [3.05, 3.63) is 157 Å². The molecular weight excluding hydrogens is 645 g/mol. The summed E-state index contributed by atoms with van der Waals surface area (Å²) in [7, 11) is -0.696. The Kier molecular flexibility index (Phi) is 17.1. The van der Waals surface area contributed by atoms with Gasteiger partial charge in [-0.05, 0) is 49.4 Å². The fourth-order valence-corrected chi connectivity index (χ4v) is 9.53. The van der Waals surface area contributed by atoms with Crippen LogP contribution in [0.1, 0.15) is 25.0 Å². The summed E-state index contributed by atoms with van der Waals surface area (Å²) in [6.07, 6.45) is 2.41. The van der Waals surface area contributed by atoms with Crippen LogP contribution in [0.15, 0.2) is 140 Å². The van der Waals surface area contributed by atoms with Crippen LogP contribution in [0.3, 0.4) is 0 Å². The summed E-state index contributed by atoms with van der Waals surface area (Å²) >= 11 is 4.62. The van der Waals surface area contributed by atoms with Crippen LogP contribution in [0, 0.1) is 19.9 Å². The Morgan fingerprint density at radius 2 is 0.732 bits per heavy atom. The van der Waals surface area contributed by atoms with Crippen LogP contribution in [-0.2, 0) is 33.1 Å². The minimum absolute atomic E-state index is 0. The molecule has 41 heavy (non-hydrogen) atoms. The third-order valence-corrected chi connectivity index (χ3v) is 11.3. The van der Waals surface area contributed by atoms with Gasteiger partial charge in [0.05, 0.1) is 0 Å². The van der Waals surface area contributed by atoms with Gasteiger partial charge in [-0.1, -0.05) is 149 Å². The van der Waals surface area contributed by atoms with Crippen LogP contribution >= 0.6 is 15.8 Å². The van der Waals surface area contributed by atoms with Crippen LogP contribution in [0.2, 0.25) is 0 Å². The van der Waals surface area contributed by atoms with E-state index >= 15 is 0 Å². The summed E-state index contributed by atoms with van der Waals surface area (Å²) in [5.74, 6) is 0. The molecule has 0 aliphatic rings. The van der Waals surface area contributed by atoms with Crippen molar-refractivity contribution in [2.24, 2.45) is 0 Å². The van der Waals surface area contributed by atoms with E-state index in [0.717, 1.165) is 0 Å². The zero-order chi connectivity index (χ0) is 28.6. The average molecular weight is 685 g/mol. The number of benzene rings is 5. The normalized spacial score (nSPS) is 10.2. The van der Waals surface area contributed by atoms with Crippen molar-refractivity contribution < 1.29 is 20.4 Å². The molecule has 0 radical (unpaired) electrons. The molecule has 5 aromatic rings. The molecule has 0 saturated carbocycles. The second kappa shape index (κ2) is 20.0. The quantitative estimate of drug-likeness (QED) is 0.0720. The van der Waals surface area contributed by atoms with Crippen molar-refractivity contribution in [1.82, 2.24) is 0 Å². The number of aryl methyl sites for hydroxylation is 2. The Bertz CT molecular complexity index is 1170. The first-order valence-electron chi connectivity index (χ1n) is 13.8. The van der Waals surface area contributed by atoms with E-state index in [1.54, 1.807) is 0 Å². The van der Waals surface area contributed by atoms with E-state index in [0.29, 0.717) is 5.25 Å². The van der Waals surface area contributed by atoms with Crippen LogP contribution in [-0.4, -0.2) is 17.6 Å². The first kappa shape index (κ1) is 35.2. The van der Waals surface area contributed by atoms with E-state index in [9.17, 15) is 0 Å². The van der Waals surface area contributed by atoms with Gasteiger partial charge in [-0.3, -0.25) is 0 Å². The molecule has 0 amide bonds. The van der Waals surface area contributed by atoms with E-state index in [-0.39, 0.29) is 36.3 Å². The van der Waals surface area contributed by atoms with Crippen molar-refractivity contribution in [2.75, 3.05) is 12.3 Å². The molecule has 0 aliphatic carbocycles. The van der Waals surface area contributed by atoms with Crippen molar-refractivity contribution in [3.8, 4) is 0 Å². The third kappa shape index (κ3) is 13.2. The molecule has 0 unspecified atom stereocenters. The molecule has 0 aliphatic heterocycles. The molecule has 0 fully saturated rings. The second-order valence-electron chi connectivity index (χ2n) is 9.71. The maximum Gasteiger partial charge on any atom is 2.00 e. The SMILES string of the molecule is CC(C)[S-].Cc1[c-]c(C)ccc1.[Pd+2].c1ccc(P(CCP(c2ccccc2)c2ccccc2)c2ccccc2)cc1. The standard InChI is InChI=1S/C26H24P2.C8H9.C3H8S.Pd/c1-5-13-23(14-6-1)27(24-15-7-2-8-16-24)21-22-28(25-17-9-3-10-18-25)26-19-11-4-12-20-26;1-7-4-3-5-8(2)6-7;1-3(2)4;/h1-20H,21-22H2;3-5H,1-2H3;3-4H,1-2H3;/q;-1;;+2/p-1. The summed E-state index contributed by atoms with van der Waals surface area (Å²) in [5.41, 5.74) is 2.43. The molecule has 5 rings (SSSR count). The zero-order valence-electron chi connectivity index (χ0n) is 24.4. The van der Waals surface area contributed by atoms with Crippen LogP contribution in [0.4, 0.5) is 0 Å². The monoisotopic (exact) mass is 684 g/mol. The molecule has 0 nitrogen and oxygen atoms in total. The molecule has 0 spiro atoms. The summed E-state index contributed by atoms with van der Waals surface area (Å²) < 4.78 is 0. The molecule has 0 aromatic heterocycles. The first-order valence-corrected chi connectivity index (χ1v) is 17.3. The number of hydrogen-bond acceptors (Lipinski definition) is 1. The summed E-state index contributed by atoms with van der Waals surface area (Å²) in [6.45, 7) is 8.06. The average Bonchev–Trinajstić information content (AvgIpc) is 2.97. The van der Waals surface area contributed by atoms with Gasteiger partial charge in [-0.25, -0.2) is 0 Å². The summed E-state index contributed by atoms with van der Waals surface area (Å²) in [5, 5.41) is 6.30. The molecule has 0 heterocycles. The largest absolute Gasteiger partial charge is 2.00 e. The van der Waals surface area contributed by atoms with Gasteiger partial charge in [-0.15, -0.1) is 0 Å². The minimum Gasteiger partial charge on any atom is -0.790 e. The van der Waals surface area contributed by atoms with Crippen molar-refractivity contribution in [3.63, 3.8) is 0 Å². The van der Waals surface area contributed by atoms with Gasteiger partial charge < -0.3 is 12.6 Å². The predicted molar refractivity (Wildman–Crippen MR) is 185 cm³/mol. The minimum atomic E-state index is -0.348. The molecular formula is C37H40P2PdS. The van der Waals surface area contributed by atoms with Crippen molar-refractivity contribution in [2.45, 2.75) is 32.9 Å². The van der Waals surface area contributed by atoms with Gasteiger partial charge in [0.15, 0.2) is 0 Å². The van der Waals surface area contributed by atoms with Crippen LogP contribution in [0.25, 0.3) is 0 Å². The third-order valence-electron chi connectivity index (χ3n) is 5.91. The van der Waals surface area contributed by atoms with Gasteiger partial charge in [-0.2, -0.15) is 40.6 Å². The Morgan fingerprint density at radius 1 is 0.488 bits per heavy atom. The predicted octanol–water partition coefficient (Wildman–Crippen LogP) is 8.30. The molecule has 0 atom stereocenters. The topological polar surface area (TPSA) is 0 Å². The Labute approximate surface area is 270 Å². The van der Waals surface area contributed by atoms with Crippen LogP contribution in [0.5, 0.6) is 0 Å². The van der Waals surface area contributed by atoms with Gasteiger partial charge in [0.2, 0.25) is 0 Å². The zero-order valence-corrected chi connectivity index (χ0v) is 28.5. The van der Waals surface area contributed by atoms with Crippen molar-refractivity contribution in [1.29, 1.82) is 0 Å². The molecule has 0 saturated heterocycles. The van der Waals surface area contributed by atoms with E-state index in [2.05, 4.69) is 140 Å². The molecule has 0 N–H and O–H groups in total. The van der Waals surface area contributed by atoms with Gasteiger partial charge in [0.25, 0.3) is 0 Å². The Hall–Kier alpha value is -2.03. The molecule has 0 bridgehead atoms. The maximum absolute atomic E-state index is 4.62. The van der Waals surface area contributed by atoms with Crippen molar-refractivity contribution >= 4 is 49.7 Å². The Morgan fingerprint density at radius 3 is 0.927 bits per heavy atom. The van der Waals surface area contributed by atoms with Gasteiger partial charge in [0, 0.05) is 0 Å². The first-order chi connectivity index (χ1) is 19.4. The van der Waals surface area contributed by atoms with E-state index in [4.69, 9.17) is 0 Å². The molecule has 4 heteroatoms. The van der Waals surface area contributed by atoms with E-state index < -0.39 is 0 Å². The fraction of sp³-hybridized carbons (Fsp3) is 0.189. The number of rotatable bonds is 7. The maximum atomic E-state index is 4.62. The fourth-order valence-electron chi connectivity index (χ4n) is 4.18. The second-order valence-corrected chi connectivity index (χ2v) is 15.3. The smallest absolute Gasteiger partial charge is 0.790 e. The number of hydrogen-bond donors (Lipinski definition) is 0.